The molecule has 0 amide bonds. The van der Waals surface area contributed by atoms with Gasteiger partial charge in [0.25, 0.3) is 0 Å². The Morgan fingerprint density at radius 1 is 1.22 bits per heavy atom. The molecule has 9 nitrogen and oxygen atoms in total. The maximum atomic E-state index is 11.8. The van der Waals surface area contributed by atoms with E-state index in [0.29, 0.717) is 29.3 Å². The molecule has 0 unspecified atom stereocenters. The van der Waals surface area contributed by atoms with Crippen molar-refractivity contribution in [3.63, 3.8) is 0 Å². The van der Waals surface area contributed by atoms with Crippen molar-refractivity contribution >= 4 is 32.7 Å². The van der Waals surface area contributed by atoms with Crippen molar-refractivity contribution in [3.8, 4) is 0 Å². The molecular formula is C17H20N6O3S. The predicted molar refractivity (Wildman–Crippen MR) is 99.8 cm³/mol. The average Bonchev–Trinajstić information content (AvgIpc) is 3.32. The molecule has 2 heterocycles. The highest BCUT2D eigenvalue weighted by molar-refractivity contribution is 7.89. The van der Waals surface area contributed by atoms with Gasteiger partial charge in [0.05, 0.1) is 23.9 Å². The van der Waals surface area contributed by atoms with E-state index in [1.54, 1.807) is 6.07 Å². The molecule has 0 bridgehead atoms. The number of hydrogen-bond acceptors (Lipinski definition) is 7. The SMILES string of the molecule is NS(=O)(=O)c1ccc(COC2CCCC2)c(Nc2ncnc3nc[nH]c23)c1. The summed E-state index contributed by atoms with van der Waals surface area (Å²) in [6.45, 7) is 0.370. The molecule has 0 atom stereocenters. The van der Waals surface area contributed by atoms with Crippen LogP contribution in [-0.2, 0) is 21.4 Å². The molecule has 0 radical (unpaired) electrons. The number of fused-ring (bicyclic) bond motifs is 1. The lowest BCUT2D eigenvalue weighted by molar-refractivity contribution is 0.0460. The van der Waals surface area contributed by atoms with Gasteiger partial charge < -0.3 is 15.0 Å². The van der Waals surface area contributed by atoms with E-state index in [-0.39, 0.29) is 11.0 Å². The van der Waals surface area contributed by atoms with E-state index in [9.17, 15) is 8.42 Å². The van der Waals surface area contributed by atoms with Crippen LogP contribution in [0.2, 0.25) is 0 Å². The Bertz CT molecular complexity index is 1060. The number of benzene rings is 1. The van der Waals surface area contributed by atoms with E-state index in [0.717, 1.165) is 18.4 Å². The minimum absolute atomic E-state index is 0.0181. The van der Waals surface area contributed by atoms with Gasteiger partial charge in [-0.1, -0.05) is 18.9 Å². The van der Waals surface area contributed by atoms with Crippen molar-refractivity contribution in [3.05, 3.63) is 36.4 Å². The van der Waals surface area contributed by atoms with Crippen LogP contribution in [-0.4, -0.2) is 34.5 Å². The summed E-state index contributed by atoms with van der Waals surface area (Å²) in [5.74, 6) is 0.492. The Hall–Kier alpha value is -2.56. The molecule has 1 aromatic carbocycles. The number of sulfonamides is 1. The summed E-state index contributed by atoms with van der Waals surface area (Å²) >= 11 is 0. The number of ether oxygens (including phenoxy) is 1. The van der Waals surface area contributed by atoms with E-state index >= 15 is 0 Å². The molecule has 0 saturated heterocycles. The van der Waals surface area contributed by atoms with Gasteiger partial charge in [-0.15, -0.1) is 0 Å². The fraction of sp³-hybridized carbons (Fsp3) is 0.353. The molecule has 4 N–H and O–H groups in total. The number of aromatic amines is 1. The summed E-state index contributed by atoms with van der Waals surface area (Å²) in [7, 11) is -3.83. The van der Waals surface area contributed by atoms with Crippen LogP contribution in [0.5, 0.6) is 0 Å². The van der Waals surface area contributed by atoms with Gasteiger partial charge in [-0.2, -0.15) is 0 Å². The van der Waals surface area contributed by atoms with Crippen molar-refractivity contribution in [2.45, 2.75) is 43.3 Å². The van der Waals surface area contributed by atoms with Crippen LogP contribution in [0.4, 0.5) is 11.5 Å². The quantitative estimate of drug-likeness (QED) is 0.589. The minimum atomic E-state index is -3.83. The summed E-state index contributed by atoms with van der Waals surface area (Å²) in [4.78, 5) is 15.4. The highest BCUT2D eigenvalue weighted by atomic mass is 32.2. The number of nitrogens with one attached hydrogen (secondary N) is 2. The lowest BCUT2D eigenvalue weighted by Gasteiger charge is -2.16. The van der Waals surface area contributed by atoms with Gasteiger partial charge in [-0.25, -0.2) is 28.5 Å². The van der Waals surface area contributed by atoms with Crippen LogP contribution < -0.4 is 10.5 Å². The van der Waals surface area contributed by atoms with Crippen LogP contribution in [0.15, 0.2) is 35.7 Å². The zero-order valence-electron chi connectivity index (χ0n) is 14.6. The first kappa shape index (κ1) is 17.8. The zero-order chi connectivity index (χ0) is 18.9. The zero-order valence-corrected chi connectivity index (χ0v) is 15.4. The van der Waals surface area contributed by atoms with Crippen LogP contribution in [0.1, 0.15) is 31.2 Å². The number of H-pyrrole nitrogens is 1. The molecular weight excluding hydrogens is 368 g/mol. The predicted octanol–water partition coefficient (Wildman–Crippen LogP) is 2.20. The van der Waals surface area contributed by atoms with E-state index in [1.807, 2.05) is 0 Å². The second-order valence-corrected chi connectivity index (χ2v) is 8.09. The number of nitrogens with two attached hydrogens (primary N) is 1. The smallest absolute Gasteiger partial charge is 0.238 e. The van der Waals surface area contributed by atoms with Crippen LogP contribution in [0.25, 0.3) is 11.2 Å². The topological polar surface area (TPSA) is 136 Å². The molecule has 1 fully saturated rings. The normalized spacial score (nSPS) is 15.4. The maximum absolute atomic E-state index is 11.8. The molecule has 0 spiro atoms. The van der Waals surface area contributed by atoms with E-state index in [1.165, 1.54) is 37.6 Å². The fourth-order valence-corrected chi connectivity index (χ4v) is 3.76. The highest BCUT2D eigenvalue weighted by Gasteiger charge is 2.18. The van der Waals surface area contributed by atoms with Gasteiger partial charge in [0.2, 0.25) is 10.0 Å². The summed E-state index contributed by atoms with van der Waals surface area (Å²) in [5.41, 5.74) is 2.52. The van der Waals surface area contributed by atoms with Gasteiger partial charge >= 0.3 is 0 Å². The molecule has 1 aliphatic rings. The Morgan fingerprint density at radius 3 is 2.81 bits per heavy atom. The minimum Gasteiger partial charge on any atom is -0.373 e. The summed E-state index contributed by atoms with van der Waals surface area (Å²) in [5, 5.41) is 8.46. The number of anilines is 2. The molecule has 4 rings (SSSR count). The number of aromatic nitrogens is 4. The molecule has 0 aliphatic heterocycles. The second-order valence-electron chi connectivity index (χ2n) is 6.53. The molecule has 10 heteroatoms. The van der Waals surface area contributed by atoms with E-state index < -0.39 is 10.0 Å². The Balaban J connectivity index is 1.67. The monoisotopic (exact) mass is 388 g/mol. The first-order chi connectivity index (χ1) is 13.0. The molecule has 3 aromatic rings. The molecule has 1 aliphatic carbocycles. The van der Waals surface area contributed by atoms with E-state index in [4.69, 9.17) is 9.88 Å². The van der Waals surface area contributed by atoms with Crippen molar-refractivity contribution in [2.24, 2.45) is 5.14 Å². The first-order valence-corrected chi connectivity index (χ1v) is 10.2. The van der Waals surface area contributed by atoms with Crippen molar-refractivity contribution in [1.29, 1.82) is 0 Å². The lowest BCUT2D eigenvalue weighted by Crippen LogP contribution is -2.13. The molecule has 27 heavy (non-hydrogen) atoms. The number of primary sulfonamides is 1. The number of imidazole rings is 1. The summed E-state index contributed by atoms with van der Waals surface area (Å²) < 4.78 is 29.5. The maximum Gasteiger partial charge on any atom is 0.238 e. The Kier molecular flexibility index (Phi) is 4.77. The van der Waals surface area contributed by atoms with Crippen LogP contribution >= 0.6 is 0 Å². The van der Waals surface area contributed by atoms with Gasteiger partial charge in [0.1, 0.15) is 11.8 Å². The number of rotatable bonds is 6. The van der Waals surface area contributed by atoms with Gasteiger partial charge in [-0.3, -0.25) is 0 Å². The van der Waals surface area contributed by atoms with Crippen LogP contribution in [0, 0.1) is 0 Å². The number of nitrogens with zero attached hydrogens (tertiary/aromatic N) is 3. The first-order valence-electron chi connectivity index (χ1n) is 8.69. The average molecular weight is 388 g/mol. The summed E-state index contributed by atoms with van der Waals surface area (Å²) in [6.07, 6.45) is 7.63. The van der Waals surface area contributed by atoms with Gasteiger partial charge in [0.15, 0.2) is 11.5 Å². The van der Waals surface area contributed by atoms with Gasteiger partial charge in [-0.05, 0) is 25.0 Å². The van der Waals surface area contributed by atoms with Gasteiger partial charge in [0, 0.05) is 11.3 Å². The van der Waals surface area contributed by atoms with Crippen molar-refractivity contribution in [1.82, 2.24) is 19.9 Å². The van der Waals surface area contributed by atoms with E-state index in [2.05, 4.69) is 25.3 Å². The van der Waals surface area contributed by atoms with Crippen molar-refractivity contribution in [2.75, 3.05) is 5.32 Å². The fourth-order valence-electron chi connectivity index (χ4n) is 3.22. The van der Waals surface area contributed by atoms with Crippen LogP contribution in [0.3, 0.4) is 0 Å². The third kappa shape index (κ3) is 3.92. The van der Waals surface area contributed by atoms with Crippen molar-refractivity contribution < 1.29 is 13.2 Å². The summed E-state index contributed by atoms with van der Waals surface area (Å²) in [6, 6.07) is 4.69. The third-order valence-electron chi connectivity index (χ3n) is 4.66. The highest BCUT2D eigenvalue weighted by Crippen LogP contribution is 2.28. The number of hydrogen-bond donors (Lipinski definition) is 3. The molecule has 142 valence electrons. The Labute approximate surface area is 156 Å². The molecule has 2 aromatic heterocycles. The standard InChI is InChI=1S/C17H20N6O3S/c18-27(24,25)13-6-5-11(8-26-12-3-1-2-4-12)14(7-13)23-17-15-16(20-9-19-15)21-10-22-17/h5-7,9-10,12H,1-4,8H2,(H2,18,24,25)(H2,19,20,21,22,23). The lowest BCUT2D eigenvalue weighted by atomic mass is 10.2. The third-order valence-corrected chi connectivity index (χ3v) is 5.57. The largest absolute Gasteiger partial charge is 0.373 e. The Morgan fingerprint density at radius 2 is 2.04 bits per heavy atom. The second kappa shape index (κ2) is 7.22. The molecule has 1 saturated carbocycles.